The normalized spacial score (nSPS) is 10.5. The van der Waals surface area contributed by atoms with Gasteiger partial charge in [-0.05, 0) is 35.0 Å². The Morgan fingerprint density at radius 1 is 1.53 bits per heavy atom. The minimum Gasteiger partial charge on any atom is -0.328 e. The first kappa shape index (κ1) is 12.3. The number of nitrogens with zero attached hydrogens (tertiary/aromatic N) is 2. The number of benzene rings is 1. The minimum absolute atomic E-state index is 0.164. The summed E-state index contributed by atoms with van der Waals surface area (Å²) in [6, 6.07) is 5.28. The molecule has 0 aliphatic carbocycles. The van der Waals surface area contributed by atoms with Gasteiger partial charge in [-0.15, -0.1) is 0 Å². The van der Waals surface area contributed by atoms with Crippen LogP contribution in [0.15, 0.2) is 35.1 Å². The van der Waals surface area contributed by atoms with Gasteiger partial charge in [0.15, 0.2) is 5.82 Å². The zero-order chi connectivity index (χ0) is 12.4. The molecule has 0 fully saturated rings. The molecule has 0 N–H and O–H groups in total. The summed E-state index contributed by atoms with van der Waals surface area (Å²) in [5, 5.41) is 0.420. The Labute approximate surface area is 113 Å². The number of hydrogen-bond acceptors (Lipinski definition) is 2. The van der Waals surface area contributed by atoms with E-state index < -0.39 is 0 Å². The van der Waals surface area contributed by atoms with Gasteiger partial charge in [-0.25, -0.2) is 4.98 Å². The first-order valence-corrected chi connectivity index (χ1v) is 6.32. The highest BCUT2D eigenvalue weighted by molar-refractivity contribution is 9.10. The van der Waals surface area contributed by atoms with Gasteiger partial charge < -0.3 is 4.57 Å². The summed E-state index contributed by atoms with van der Waals surface area (Å²) in [6.07, 6.45) is 3.39. The number of imidazole rings is 1. The van der Waals surface area contributed by atoms with Crippen molar-refractivity contribution in [1.82, 2.24) is 9.55 Å². The van der Waals surface area contributed by atoms with Crippen LogP contribution in [0.4, 0.5) is 0 Å². The molecule has 0 unspecified atom stereocenters. The van der Waals surface area contributed by atoms with Crippen molar-refractivity contribution in [1.29, 1.82) is 0 Å². The van der Waals surface area contributed by atoms with Gasteiger partial charge in [-0.3, -0.25) is 4.79 Å². The number of aryl methyl sites for hydroxylation is 1. The van der Waals surface area contributed by atoms with Crippen LogP contribution in [0.5, 0.6) is 0 Å². The summed E-state index contributed by atoms with van der Waals surface area (Å²) in [5.41, 5.74) is 0.460. The van der Waals surface area contributed by atoms with Crippen LogP contribution >= 0.6 is 27.5 Å². The summed E-state index contributed by atoms with van der Waals surface area (Å²) in [7, 11) is 0. The smallest absolute Gasteiger partial charge is 0.229 e. The second kappa shape index (κ2) is 5.02. The fourth-order valence-corrected chi connectivity index (χ4v) is 2.15. The molecule has 0 bridgehead atoms. The van der Waals surface area contributed by atoms with Gasteiger partial charge >= 0.3 is 0 Å². The molecule has 0 aliphatic heterocycles. The number of halogens is 2. The molecule has 3 nitrogen and oxygen atoms in total. The SMILES string of the molecule is CCn1ccnc1C(=O)c1cccc(Br)c1Cl. The summed E-state index contributed by atoms with van der Waals surface area (Å²) < 4.78 is 2.50. The first-order chi connectivity index (χ1) is 8.15. The molecular formula is C12H10BrClN2O. The van der Waals surface area contributed by atoms with Gasteiger partial charge in [-0.1, -0.05) is 17.7 Å². The number of ketones is 1. The molecule has 17 heavy (non-hydrogen) atoms. The predicted octanol–water partition coefficient (Wildman–Crippen LogP) is 3.55. The van der Waals surface area contributed by atoms with E-state index in [9.17, 15) is 4.79 Å². The molecule has 0 aliphatic rings. The van der Waals surface area contributed by atoms with Crippen molar-refractivity contribution in [2.45, 2.75) is 13.5 Å². The van der Waals surface area contributed by atoms with Crippen LogP contribution in [0.25, 0.3) is 0 Å². The summed E-state index contributed by atoms with van der Waals surface area (Å²) in [4.78, 5) is 16.3. The maximum absolute atomic E-state index is 12.3. The van der Waals surface area contributed by atoms with Gasteiger partial charge in [0.05, 0.1) is 5.02 Å². The van der Waals surface area contributed by atoms with Crippen LogP contribution in [0, 0.1) is 0 Å². The fourth-order valence-electron chi connectivity index (χ4n) is 1.57. The van der Waals surface area contributed by atoms with Crippen LogP contribution in [-0.4, -0.2) is 15.3 Å². The standard InChI is InChI=1S/C12H10BrClN2O/c1-2-16-7-6-15-12(16)11(17)8-4-3-5-9(13)10(8)14/h3-7H,2H2,1H3. The van der Waals surface area contributed by atoms with E-state index >= 15 is 0 Å². The second-order valence-electron chi connectivity index (χ2n) is 3.47. The van der Waals surface area contributed by atoms with Crippen molar-refractivity contribution in [2.75, 3.05) is 0 Å². The van der Waals surface area contributed by atoms with Crippen molar-refractivity contribution in [2.24, 2.45) is 0 Å². The molecule has 0 saturated carbocycles. The summed E-state index contributed by atoms with van der Waals surface area (Å²) in [5.74, 6) is 0.246. The third kappa shape index (κ3) is 2.28. The van der Waals surface area contributed by atoms with Crippen molar-refractivity contribution < 1.29 is 4.79 Å². The molecule has 2 aromatic rings. The quantitative estimate of drug-likeness (QED) is 0.812. The lowest BCUT2D eigenvalue weighted by Gasteiger charge is -2.06. The lowest BCUT2D eigenvalue weighted by molar-refractivity contribution is 0.102. The monoisotopic (exact) mass is 312 g/mol. The Morgan fingerprint density at radius 3 is 3.00 bits per heavy atom. The van der Waals surface area contributed by atoms with E-state index in [4.69, 9.17) is 11.6 Å². The number of carbonyl (C=O) groups excluding carboxylic acids is 1. The van der Waals surface area contributed by atoms with Crippen LogP contribution in [-0.2, 0) is 6.54 Å². The molecule has 0 radical (unpaired) electrons. The van der Waals surface area contributed by atoms with Crippen molar-refractivity contribution in [3.63, 3.8) is 0 Å². The van der Waals surface area contributed by atoms with Crippen LogP contribution < -0.4 is 0 Å². The topological polar surface area (TPSA) is 34.9 Å². The number of hydrogen-bond donors (Lipinski definition) is 0. The molecule has 0 amide bonds. The highest BCUT2D eigenvalue weighted by Gasteiger charge is 2.18. The lowest BCUT2D eigenvalue weighted by atomic mass is 10.1. The van der Waals surface area contributed by atoms with E-state index in [1.54, 1.807) is 35.2 Å². The summed E-state index contributed by atoms with van der Waals surface area (Å²) in [6.45, 7) is 2.66. The van der Waals surface area contributed by atoms with Crippen molar-refractivity contribution in [3.05, 3.63) is 51.5 Å². The molecular weight excluding hydrogens is 304 g/mol. The zero-order valence-corrected chi connectivity index (χ0v) is 11.5. The van der Waals surface area contributed by atoms with E-state index in [0.29, 0.717) is 27.4 Å². The zero-order valence-electron chi connectivity index (χ0n) is 9.15. The molecule has 0 atom stereocenters. The van der Waals surface area contributed by atoms with Gasteiger partial charge in [0.2, 0.25) is 5.78 Å². The second-order valence-corrected chi connectivity index (χ2v) is 4.70. The average Bonchev–Trinajstić information content (AvgIpc) is 2.80. The number of carbonyl (C=O) groups is 1. The van der Waals surface area contributed by atoms with Crippen molar-refractivity contribution >= 4 is 33.3 Å². The Hall–Kier alpha value is -1.13. The molecule has 88 valence electrons. The average molecular weight is 314 g/mol. The minimum atomic E-state index is -0.164. The Kier molecular flexibility index (Phi) is 3.64. The molecule has 0 saturated heterocycles. The molecule has 0 spiro atoms. The molecule has 1 aromatic carbocycles. The van der Waals surface area contributed by atoms with E-state index in [2.05, 4.69) is 20.9 Å². The largest absolute Gasteiger partial charge is 0.328 e. The van der Waals surface area contributed by atoms with E-state index in [1.807, 2.05) is 6.92 Å². The van der Waals surface area contributed by atoms with E-state index in [1.165, 1.54) is 0 Å². The van der Waals surface area contributed by atoms with Crippen LogP contribution in [0.3, 0.4) is 0 Å². The Bertz CT molecular complexity index is 565. The fraction of sp³-hybridized carbons (Fsp3) is 0.167. The van der Waals surface area contributed by atoms with E-state index in [0.717, 1.165) is 0 Å². The third-order valence-electron chi connectivity index (χ3n) is 2.46. The van der Waals surface area contributed by atoms with Gasteiger partial charge in [0, 0.05) is 29.0 Å². The molecule has 1 aromatic heterocycles. The van der Waals surface area contributed by atoms with Crippen LogP contribution in [0.2, 0.25) is 5.02 Å². The number of aromatic nitrogens is 2. The first-order valence-electron chi connectivity index (χ1n) is 5.15. The van der Waals surface area contributed by atoms with E-state index in [-0.39, 0.29) is 5.78 Å². The molecule has 2 rings (SSSR count). The molecule has 5 heteroatoms. The highest BCUT2D eigenvalue weighted by Crippen LogP contribution is 2.27. The maximum atomic E-state index is 12.3. The predicted molar refractivity (Wildman–Crippen MR) is 70.5 cm³/mol. The van der Waals surface area contributed by atoms with Gasteiger partial charge in [-0.2, -0.15) is 0 Å². The van der Waals surface area contributed by atoms with Gasteiger partial charge in [0.25, 0.3) is 0 Å². The van der Waals surface area contributed by atoms with Gasteiger partial charge in [0.1, 0.15) is 0 Å². The maximum Gasteiger partial charge on any atom is 0.229 e. The summed E-state index contributed by atoms with van der Waals surface area (Å²) >= 11 is 9.40. The van der Waals surface area contributed by atoms with Crippen LogP contribution in [0.1, 0.15) is 23.1 Å². The molecule has 1 heterocycles. The third-order valence-corrected chi connectivity index (χ3v) is 3.75. The number of rotatable bonds is 3. The Morgan fingerprint density at radius 2 is 2.29 bits per heavy atom. The highest BCUT2D eigenvalue weighted by atomic mass is 79.9. The van der Waals surface area contributed by atoms with Crippen molar-refractivity contribution in [3.8, 4) is 0 Å². The Balaban J connectivity index is 2.48. The lowest BCUT2D eigenvalue weighted by Crippen LogP contribution is -2.11.